The summed E-state index contributed by atoms with van der Waals surface area (Å²) in [4.78, 5) is 0. The number of aryl methyl sites for hydroxylation is 2. The Bertz CT molecular complexity index is 929. The van der Waals surface area contributed by atoms with Gasteiger partial charge in [0.25, 0.3) is 0 Å². The summed E-state index contributed by atoms with van der Waals surface area (Å²) in [6.45, 7) is 0.887. The van der Waals surface area contributed by atoms with Crippen LogP contribution in [-0.2, 0) is 25.8 Å². The Balaban J connectivity index is 1.85. The van der Waals surface area contributed by atoms with Crippen molar-refractivity contribution in [3.63, 3.8) is 0 Å². The molecule has 3 N–H and O–H groups in total. The predicted octanol–water partition coefficient (Wildman–Crippen LogP) is 3.79. The van der Waals surface area contributed by atoms with Crippen molar-refractivity contribution in [2.75, 3.05) is 7.11 Å². The van der Waals surface area contributed by atoms with Crippen LogP contribution in [0.4, 0.5) is 0 Å². The van der Waals surface area contributed by atoms with E-state index in [9.17, 15) is 5.11 Å². The second-order valence-corrected chi connectivity index (χ2v) is 7.49. The van der Waals surface area contributed by atoms with E-state index in [1.165, 1.54) is 40.6 Å². The Labute approximate surface area is 160 Å². The summed E-state index contributed by atoms with van der Waals surface area (Å²) in [5.41, 5.74) is 12.2. The molecule has 3 aromatic rings. The number of nitrogens with two attached hydrogens (primary N) is 1. The van der Waals surface area contributed by atoms with Crippen LogP contribution in [0, 0.1) is 0 Å². The van der Waals surface area contributed by atoms with Crippen LogP contribution < -0.4 is 10.5 Å². The highest BCUT2D eigenvalue weighted by Gasteiger charge is 2.22. The van der Waals surface area contributed by atoms with Gasteiger partial charge < -0.3 is 20.1 Å². The molecule has 0 aliphatic heterocycles. The molecule has 0 amide bonds. The van der Waals surface area contributed by atoms with E-state index in [4.69, 9.17) is 10.5 Å². The first-order chi connectivity index (χ1) is 13.2. The van der Waals surface area contributed by atoms with Crippen LogP contribution in [0.2, 0.25) is 0 Å². The molecule has 1 atom stereocenters. The molecular weight excluding hydrogens is 336 g/mol. The highest BCUT2D eigenvalue weighted by Crippen LogP contribution is 2.37. The number of rotatable bonds is 6. The quantitative estimate of drug-likeness (QED) is 0.654. The largest absolute Gasteiger partial charge is 0.496 e. The smallest absolute Gasteiger partial charge is 0.122 e. The number of hydrogen-bond acceptors (Lipinski definition) is 3. The van der Waals surface area contributed by atoms with E-state index in [0.717, 1.165) is 30.7 Å². The average molecular weight is 364 g/mol. The SMILES string of the molecule is COc1cc2c3c(n(Cc4ccccc4)c2cc1CCC(N)O)CCCC3. The molecule has 0 bridgehead atoms. The first-order valence-electron chi connectivity index (χ1n) is 9.86. The van der Waals surface area contributed by atoms with Crippen LogP contribution in [0.15, 0.2) is 42.5 Å². The van der Waals surface area contributed by atoms with Gasteiger partial charge in [0.1, 0.15) is 12.0 Å². The van der Waals surface area contributed by atoms with Crippen molar-refractivity contribution in [1.29, 1.82) is 0 Å². The number of aliphatic hydroxyl groups is 1. The number of fused-ring (bicyclic) bond motifs is 3. The second kappa shape index (κ2) is 7.75. The van der Waals surface area contributed by atoms with Crippen molar-refractivity contribution in [2.45, 2.75) is 51.3 Å². The zero-order chi connectivity index (χ0) is 18.8. The van der Waals surface area contributed by atoms with Crippen LogP contribution in [0.3, 0.4) is 0 Å². The molecule has 0 fully saturated rings. The van der Waals surface area contributed by atoms with Crippen LogP contribution in [-0.4, -0.2) is 23.0 Å². The van der Waals surface area contributed by atoms with Gasteiger partial charge in [-0.15, -0.1) is 0 Å². The van der Waals surface area contributed by atoms with Gasteiger partial charge in [-0.1, -0.05) is 30.3 Å². The third-order valence-electron chi connectivity index (χ3n) is 5.67. The van der Waals surface area contributed by atoms with Gasteiger partial charge in [0, 0.05) is 23.1 Å². The molecule has 27 heavy (non-hydrogen) atoms. The van der Waals surface area contributed by atoms with Gasteiger partial charge >= 0.3 is 0 Å². The number of benzene rings is 2. The fraction of sp³-hybridized carbons (Fsp3) is 0.391. The topological polar surface area (TPSA) is 60.4 Å². The van der Waals surface area contributed by atoms with E-state index in [-0.39, 0.29) is 0 Å². The van der Waals surface area contributed by atoms with Crippen LogP contribution in [0.1, 0.15) is 41.6 Å². The molecule has 0 saturated carbocycles. The van der Waals surface area contributed by atoms with Crippen LogP contribution in [0.5, 0.6) is 5.75 Å². The summed E-state index contributed by atoms with van der Waals surface area (Å²) in [6.07, 6.45) is 5.21. The summed E-state index contributed by atoms with van der Waals surface area (Å²) in [7, 11) is 1.72. The van der Waals surface area contributed by atoms with Crippen molar-refractivity contribution in [3.8, 4) is 5.75 Å². The molecule has 1 unspecified atom stereocenters. The summed E-state index contributed by atoms with van der Waals surface area (Å²) in [5, 5.41) is 10.8. The van der Waals surface area contributed by atoms with Crippen LogP contribution in [0.25, 0.3) is 10.9 Å². The number of methoxy groups -OCH3 is 1. The molecule has 4 rings (SSSR count). The van der Waals surface area contributed by atoms with Gasteiger partial charge in [-0.2, -0.15) is 0 Å². The van der Waals surface area contributed by atoms with Crippen molar-refractivity contribution < 1.29 is 9.84 Å². The van der Waals surface area contributed by atoms with E-state index in [1.54, 1.807) is 7.11 Å². The molecule has 0 spiro atoms. The lowest BCUT2D eigenvalue weighted by Gasteiger charge is -2.16. The van der Waals surface area contributed by atoms with Gasteiger partial charge in [0.2, 0.25) is 0 Å². The molecule has 1 aromatic heterocycles. The molecule has 1 aliphatic carbocycles. The lowest BCUT2D eigenvalue weighted by molar-refractivity contribution is 0.172. The van der Waals surface area contributed by atoms with Crippen molar-refractivity contribution in [2.24, 2.45) is 5.73 Å². The van der Waals surface area contributed by atoms with Crippen molar-refractivity contribution in [3.05, 3.63) is 64.8 Å². The Morgan fingerprint density at radius 2 is 1.93 bits per heavy atom. The first kappa shape index (κ1) is 18.1. The summed E-state index contributed by atoms with van der Waals surface area (Å²) < 4.78 is 8.16. The van der Waals surface area contributed by atoms with Gasteiger partial charge in [-0.3, -0.25) is 0 Å². The molecular formula is C23H28N2O2. The summed E-state index contributed by atoms with van der Waals surface area (Å²) >= 11 is 0. The van der Waals surface area contributed by atoms with Crippen LogP contribution >= 0.6 is 0 Å². The predicted molar refractivity (Wildman–Crippen MR) is 109 cm³/mol. The molecule has 0 saturated heterocycles. The molecule has 1 heterocycles. The number of ether oxygens (including phenoxy) is 1. The minimum absolute atomic E-state index is 0.529. The van der Waals surface area contributed by atoms with E-state index >= 15 is 0 Å². The van der Waals surface area contributed by atoms with Gasteiger partial charge in [-0.25, -0.2) is 0 Å². The van der Waals surface area contributed by atoms with Gasteiger partial charge in [-0.05, 0) is 67.3 Å². The van der Waals surface area contributed by atoms with E-state index in [2.05, 4.69) is 47.0 Å². The zero-order valence-electron chi connectivity index (χ0n) is 15.9. The zero-order valence-corrected chi connectivity index (χ0v) is 15.9. The number of aromatic nitrogens is 1. The average Bonchev–Trinajstić information content (AvgIpc) is 2.99. The lowest BCUT2D eigenvalue weighted by Crippen LogP contribution is -2.19. The second-order valence-electron chi connectivity index (χ2n) is 7.49. The van der Waals surface area contributed by atoms with E-state index in [0.29, 0.717) is 12.8 Å². The Morgan fingerprint density at radius 3 is 2.67 bits per heavy atom. The maximum Gasteiger partial charge on any atom is 0.122 e. The molecule has 142 valence electrons. The molecule has 0 radical (unpaired) electrons. The maximum absolute atomic E-state index is 9.50. The highest BCUT2D eigenvalue weighted by molar-refractivity contribution is 5.88. The van der Waals surface area contributed by atoms with Gasteiger partial charge in [0.15, 0.2) is 0 Å². The third-order valence-corrected chi connectivity index (χ3v) is 5.67. The monoisotopic (exact) mass is 364 g/mol. The number of nitrogens with zero attached hydrogens (tertiary/aromatic N) is 1. The first-order valence-corrected chi connectivity index (χ1v) is 9.86. The van der Waals surface area contributed by atoms with Gasteiger partial charge in [0.05, 0.1) is 7.11 Å². The highest BCUT2D eigenvalue weighted by atomic mass is 16.5. The maximum atomic E-state index is 9.50. The normalized spacial score (nSPS) is 14.9. The lowest BCUT2D eigenvalue weighted by atomic mass is 9.95. The number of aliphatic hydroxyl groups excluding tert-OH is 1. The molecule has 4 heteroatoms. The minimum atomic E-state index is -0.797. The Morgan fingerprint density at radius 1 is 1.15 bits per heavy atom. The fourth-order valence-electron chi connectivity index (χ4n) is 4.33. The standard InChI is InChI=1S/C23H28N2O2/c1-27-22-14-19-18-9-5-6-10-20(18)25(15-16-7-3-2-4-8-16)21(19)13-17(22)11-12-23(24)26/h2-4,7-8,13-14,23,26H,5-6,9-12,15,24H2,1H3. The molecule has 2 aromatic carbocycles. The fourth-order valence-corrected chi connectivity index (χ4v) is 4.33. The minimum Gasteiger partial charge on any atom is -0.496 e. The summed E-state index contributed by atoms with van der Waals surface area (Å²) in [6, 6.07) is 15.1. The van der Waals surface area contributed by atoms with Crippen molar-refractivity contribution >= 4 is 10.9 Å². The Hall–Kier alpha value is -2.30. The van der Waals surface area contributed by atoms with E-state index < -0.39 is 6.23 Å². The summed E-state index contributed by atoms with van der Waals surface area (Å²) in [5.74, 6) is 0.897. The molecule has 1 aliphatic rings. The number of hydrogen-bond donors (Lipinski definition) is 2. The molecule has 4 nitrogen and oxygen atoms in total. The Kier molecular flexibility index (Phi) is 5.19. The third kappa shape index (κ3) is 3.60. The van der Waals surface area contributed by atoms with Crippen molar-refractivity contribution in [1.82, 2.24) is 4.57 Å². The van der Waals surface area contributed by atoms with E-state index in [1.807, 2.05) is 0 Å².